The molecule has 0 N–H and O–H groups in total. The zero-order valence-electron chi connectivity index (χ0n) is 16.4. The topological polar surface area (TPSA) is 82.6 Å². The Balaban J connectivity index is 1.57. The summed E-state index contributed by atoms with van der Waals surface area (Å²) < 4.78 is 33.7. The van der Waals surface area contributed by atoms with E-state index in [2.05, 4.69) is 4.98 Å². The number of fused-ring (bicyclic) bond motifs is 1. The molecular weight excluding hydrogens is 422 g/mol. The summed E-state index contributed by atoms with van der Waals surface area (Å²) in [6.45, 7) is 0. The van der Waals surface area contributed by atoms with Gasteiger partial charge in [-0.3, -0.25) is 4.79 Å². The summed E-state index contributed by atoms with van der Waals surface area (Å²) in [5.74, 6) is 0.323. The molecule has 0 spiro atoms. The molecule has 1 atom stereocenters. The largest absolute Gasteiger partial charge is 0.497 e. The molecule has 0 aliphatic carbocycles. The second kappa shape index (κ2) is 8.65. The normalized spacial score (nSPS) is 17.7. The van der Waals surface area contributed by atoms with E-state index in [0.717, 1.165) is 22.0 Å². The van der Waals surface area contributed by atoms with Crippen LogP contribution in [0, 0.1) is 0 Å². The molecule has 3 aromatic rings. The molecule has 1 aliphatic heterocycles. The molecule has 1 saturated heterocycles. The van der Waals surface area contributed by atoms with Crippen LogP contribution in [0.3, 0.4) is 0 Å². The zero-order chi connectivity index (χ0) is 21.1. The first-order valence-corrected chi connectivity index (χ1v) is 12.3. The molecule has 1 fully saturated rings. The fraction of sp³-hybridized carbons (Fsp3) is 0.273. The molecule has 0 amide bonds. The average Bonchev–Trinajstić information content (AvgIpc) is 3.09. The van der Waals surface area contributed by atoms with E-state index in [1.807, 2.05) is 54.6 Å². The van der Waals surface area contributed by atoms with Crippen molar-refractivity contribution in [3.8, 4) is 16.9 Å². The number of hydrogen-bond acceptors (Lipinski definition) is 7. The Hall–Kier alpha value is -2.58. The van der Waals surface area contributed by atoms with Crippen LogP contribution < -0.4 is 4.74 Å². The number of carbonyl (C=O) groups excluding carboxylic acids is 1. The summed E-state index contributed by atoms with van der Waals surface area (Å²) in [6, 6.07) is 17.7. The SMILES string of the molecule is COc1ccc2c(-c3ccccc3)cc(SCC(=O)OC3CCS(=O)(=O)C3)nc2c1. The van der Waals surface area contributed by atoms with Crippen molar-refractivity contribution in [1.29, 1.82) is 0 Å². The maximum absolute atomic E-state index is 12.2. The van der Waals surface area contributed by atoms with Crippen molar-refractivity contribution in [3.05, 3.63) is 54.6 Å². The van der Waals surface area contributed by atoms with Crippen LogP contribution in [0.25, 0.3) is 22.0 Å². The summed E-state index contributed by atoms with van der Waals surface area (Å²) >= 11 is 1.27. The molecule has 0 radical (unpaired) electrons. The second-order valence-corrected chi connectivity index (χ2v) is 10.3. The Bertz CT molecular complexity index is 1180. The van der Waals surface area contributed by atoms with E-state index in [0.29, 0.717) is 17.2 Å². The first kappa shape index (κ1) is 20.7. The van der Waals surface area contributed by atoms with Gasteiger partial charge in [0.25, 0.3) is 0 Å². The number of carbonyl (C=O) groups is 1. The minimum absolute atomic E-state index is 0.0628. The van der Waals surface area contributed by atoms with Crippen molar-refractivity contribution >= 4 is 38.5 Å². The number of benzene rings is 2. The lowest BCUT2D eigenvalue weighted by Gasteiger charge is -2.12. The van der Waals surface area contributed by atoms with Gasteiger partial charge >= 0.3 is 5.97 Å². The first-order valence-electron chi connectivity index (χ1n) is 9.50. The predicted molar refractivity (Wildman–Crippen MR) is 118 cm³/mol. The van der Waals surface area contributed by atoms with Gasteiger partial charge in [0, 0.05) is 11.5 Å². The van der Waals surface area contributed by atoms with E-state index in [1.165, 1.54) is 11.8 Å². The van der Waals surface area contributed by atoms with E-state index >= 15 is 0 Å². The third-order valence-electron chi connectivity index (χ3n) is 4.90. The molecule has 1 aliphatic rings. The Morgan fingerprint density at radius 3 is 2.67 bits per heavy atom. The Kier molecular flexibility index (Phi) is 5.97. The third kappa shape index (κ3) is 4.76. The molecular formula is C22H21NO5S2. The monoisotopic (exact) mass is 443 g/mol. The second-order valence-electron chi connectivity index (χ2n) is 7.06. The maximum atomic E-state index is 12.2. The van der Waals surface area contributed by atoms with Crippen molar-refractivity contribution in [3.63, 3.8) is 0 Å². The van der Waals surface area contributed by atoms with Crippen LogP contribution in [0.1, 0.15) is 6.42 Å². The van der Waals surface area contributed by atoms with Gasteiger partial charge in [0.15, 0.2) is 9.84 Å². The van der Waals surface area contributed by atoms with E-state index < -0.39 is 21.9 Å². The number of ether oxygens (including phenoxy) is 2. The van der Waals surface area contributed by atoms with Gasteiger partial charge in [-0.25, -0.2) is 13.4 Å². The highest BCUT2D eigenvalue weighted by molar-refractivity contribution is 7.99. The number of hydrogen-bond donors (Lipinski definition) is 0. The zero-order valence-corrected chi connectivity index (χ0v) is 18.0. The van der Waals surface area contributed by atoms with Gasteiger partial charge in [-0.05, 0) is 35.7 Å². The van der Waals surface area contributed by atoms with E-state index in [-0.39, 0.29) is 17.3 Å². The van der Waals surface area contributed by atoms with Crippen molar-refractivity contribution in [2.75, 3.05) is 24.4 Å². The van der Waals surface area contributed by atoms with E-state index in [9.17, 15) is 13.2 Å². The van der Waals surface area contributed by atoms with Crippen LogP contribution in [0.2, 0.25) is 0 Å². The van der Waals surface area contributed by atoms with Gasteiger partial charge in [0.05, 0.1) is 34.9 Å². The highest BCUT2D eigenvalue weighted by atomic mass is 32.2. The fourth-order valence-electron chi connectivity index (χ4n) is 3.45. The lowest BCUT2D eigenvalue weighted by molar-refractivity contribution is -0.144. The fourth-order valence-corrected chi connectivity index (χ4v) is 5.74. The number of pyridine rings is 1. The summed E-state index contributed by atoms with van der Waals surface area (Å²) in [7, 11) is -1.48. The van der Waals surface area contributed by atoms with Crippen LogP contribution in [-0.2, 0) is 19.4 Å². The molecule has 2 heterocycles. The van der Waals surface area contributed by atoms with Crippen LogP contribution in [-0.4, -0.2) is 49.8 Å². The quantitative estimate of drug-likeness (QED) is 0.424. The molecule has 2 aromatic carbocycles. The standard InChI is InChI=1S/C22H21NO5S2/c1-27-16-7-8-18-19(15-5-3-2-4-6-15)12-21(23-20(18)11-16)29-13-22(24)28-17-9-10-30(25,26)14-17/h2-8,11-12,17H,9-10,13-14H2,1H3. The van der Waals surface area contributed by atoms with Gasteiger partial charge in [-0.15, -0.1) is 0 Å². The van der Waals surface area contributed by atoms with Gasteiger partial charge in [-0.1, -0.05) is 42.1 Å². The molecule has 8 heteroatoms. The van der Waals surface area contributed by atoms with Crippen molar-refractivity contribution in [1.82, 2.24) is 4.98 Å². The van der Waals surface area contributed by atoms with Gasteiger partial charge in [-0.2, -0.15) is 0 Å². The molecule has 30 heavy (non-hydrogen) atoms. The van der Waals surface area contributed by atoms with E-state index in [1.54, 1.807) is 7.11 Å². The number of esters is 1. The van der Waals surface area contributed by atoms with Crippen LogP contribution in [0.4, 0.5) is 0 Å². The Labute approximate surface area is 179 Å². The molecule has 4 rings (SSSR count). The van der Waals surface area contributed by atoms with Crippen LogP contribution in [0.5, 0.6) is 5.75 Å². The number of rotatable bonds is 6. The lowest BCUT2D eigenvalue weighted by atomic mass is 10.0. The van der Waals surface area contributed by atoms with Crippen molar-refractivity contribution in [2.45, 2.75) is 17.6 Å². The number of methoxy groups -OCH3 is 1. The third-order valence-corrected chi connectivity index (χ3v) is 7.53. The van der Waals surface area contributed by atoms with Gasteiger partial charge in [0.1, 0.15) is 11.9 Å². The van der Waals surface area contributed by atoms with Crippen LogP contribution in [0.15, 0.2) is 59.6 Å². The molecule has 156 valence electrons. The molecule has 1 aromatic heterocycles. The summed E-state index contributed by atoms with van der Waals surface area (Å²) in [4.78, 5) is 16.9. The Morgan fingerprint density at radius 1 is 1.17 bits per heavy atom. The minimum Gasteiger partial charge on any atom is -0.497 e. The van der Waals surface area contributed by atoms with E-state index in [4.69, 9.17) is 9.47 Å². The maximum Gasteiger partial charge on any atom is 0.316 e. The average molecular weight is 444 g/mol. The molecule has 6 nitrogen and oxygen atoms in total. The number of nitrogens with zero attached hydrogens (tertiary/aromatic N) is 1. The first-order chi connectivity index (χ1) is 14.4. The molecule has 1 unspecified atom stereocenters. The molecule has 0 saturated carbocycles. The number of thioether (sulfide) groups is 1. The number of sulfone groups is 1. The van der Waals surface area contributed by atoms with Gasteiger partial charge in [0.2, 0.25) is 0 Å². The Morgan fingerprint density at radius 2 is 1.97 bits per heavy atom. The summed E-state index contributed by atoms with van der Waals surface area (Å²) in [6.07, 6.45) is -0.179. The lowest BCUT2D eigenvalue weighted by Crippen LogP contribution is -2.20. The van der Waals surface area contributed by atoms with Crippen molar-refractivity contribution in [2.24, 2.45) is 0 Å². The van der Waals surface area contributed by atoms with Gasteiger partial charge < -0.3 is 9.47 Å². The summed E-state index contributed by atoms with van der Waals surface area (Å²) in [5.41, 5.74) is 2.84. The highest BCUT2D eigenvalue weighted by Gasteiger charge is 2.30. The van der Waals surface area contributed by atoms with Crippen LogP contribution >= 0.6 is 11.8 Å². The summed E-state index contributed by atoms with van der Waals surface area (Å²) in [5, 5.41) is 1.68. The van der Waals surface area contributed by atoms with Crippen molar-refractivity contribution < 1.29 is 22.7 Å². The highest BCUT2D eigenvalue weighted by Crippen LogP contribution is 2.33. The number of aromatic nitrogens is 1. The minimum atomic E-state index is -3.08. The smallest absolute Gasteiger partial charge is 0.316 e. The predicted octanol–water partition coefficient (Wildman–Crippen LogP) is 3.73. The molecule has 0 bridgehead atoms.